The van der Waals surface area contributed by atoms with E-state index in [4.69, 9.17) is 11.5 Å². The topological polar surface area (TPSA) is 84.4 Å². The summed E-state index contributed by atoms with van der Waals surface area (Å²) >= 11 is 0. The quantitative estimate of drug-likeness (QED) is 0.697. The normalized spacial score (nSPS) is 11.6. The first-order valence-electron chi connectivity index (χ1n) is 6.28. The zero-order valence-corrected chi connectivity index (χ0v) is 12.2. The number of rotatable bonds is 5. The van der Waals surface area contributed by atoms with E-state index in [9.17, 15) is 4.79 Å². The van der Waals surface area contributed by atoms with Gasteiger partial charge < -0.3 is 21.7 Å². The molecule has 106 valence electrons. The SMILES string of the molecule is CN(C)CC(C)(C)CNC(=O)c1cc(N)cc(N)c1. The van der Waals surface area contributed by atoms with Crippen molar-refractivity contribution in [2.45, 2.75) is 13.8 Å². The van der Waals surface area contributed by atoms with E-state index in [0.717, 1.165) is 6.54 Å². The molecule has 1 aromatic carbocycles. The monoisotopic (exact) mass is 264 g/mol. The number of nitrogen functional groups attached to an aromatic ring is 2. The van der Waals surface area contributed by atoms with Crippen LogP contribution < -0.4 is 16.8 Å². The summed E-state index contributed by atoms with van der Waals surface area (Å²) in [4.78, 5) is 14.1. The van der Waals surface area contributed by atoms with E-state index in [1.807, 2.05) is 14.1 Å². The van der Waals surface area contributed by atoms with Gasteiger partial charge in [0.25, 0.3) is 5.91 Å². The van der Waals surface area contributed by atoms with Crippen molar-refractivity contribution in [1.82, 2.24) is 10.2 Å². The predicted molar refractivity (Wildman–Crippen MR) is 79.9 cm³/mol. The number of anilines is 2. The van der Waals surface area contributed by atoms with Gasteiger partial charge >= 0.3 is 0 Å². The lowest BCUT2D eigenvalue weighted by Gasteiger charge is -2.28. The fourth-order valence-corrected chi connectivity index (χ4v) is 2.14. The number of benzene rings is 1. The molecule has 0 atom stereocenters. The van der Waals surface area contributed by atoms with Gasteiger partial charge in [0, 0.05) is 30.0 Å². The number of carbonyl (C=O) groups is 1. The van der Waals surface area contributed by atoms with Crippen molar-refractivity contribution in [3.8, 4) is 0 Å². The highest BCUT2D eigenvalue weighted by molar-refractivity contribution is 5.96. The first-order chi connectivity index (χ1) is 8.69. The van der Waals surface area contributed by atoms with Crippen molar-refractivity contribution in [2.75, 3.05) is 38.7 Å². The smallest absolute Gasteiger partial charge is 0.251 e. The van der Waals surface area contributed by atoms with Gasteiger partial charge in [-0.05, 0) is 37.7 Å². The summed E-state index contributed by atoms with van der Waals surface area (Å²) in [7, 11) is 4.03. The summed E-state index contributed by atoms with van der Waals surface area (Å²) in [6.45, 7) is 5.72. The van der Waals surface area contributed by atoms with Crippen LogP contribution in [0.2, 0.25) is 0 Å². The lowest BCUT2D eigenvalue weighted by Crippen LogP contribution is -2.40. The molecule has 1 aromatic rings. The molecule has 0 bridgehead atoms. The molecule has 5 N–H and O–H groups in total. The van der Waals surface area contributed by atoms with E-state index in [2.05, 4.69) is 24.1 Å². The lowest BCUT2D eigenvalue weighted by atomic mass is 9.93. The minimum Gasteiger partial charge on any atom is -0.399 e. The van der Waals surface area contributed by atoms with Crippen LogP contribution in [0.5, 0.6) is 0 Å². The predicted octanol–water partition coefficient (Wildman–Crippen LogP) is 1.17. The molecule has 0 aliphatic heterocycles. The third-order valence-corrected chi connectivity index (χ3v) is 2.71. The molecule has 0 aliphatic rings. The highest BCUT2D eigenvalue weighted by Crippen LogP contribution is 2.16. The van der Waals surface area contributed by atoms with Gasteiger partial charge in [-0.1, -0.05) is 13.8 Å². The number of carbonyl (C=O) groups excluding carboxylic acids is 1. The highest BCUT2D eigenvalue weighted by Gasteiger charge is 2.20. The van der Waals surface area contributed by atoms with Crippen LogP contribution in [0.1, 0.15) is 24.2 Å². The number of nitrogens with two attached hydrogens (primary N) is 2. The molecular formula is C14H24N4O. The van der Waals surface area contributed by atoms with Crippen molar-refractivity contribution in [3.05, 3.63) is 23.8 Å². The van der Waals surface area contributed by atoms with Crippen molar-refractivity contribution in [1.29, 1.82) is 0 Å². The van der Waals surface area contributed by atoms with Gasteiger partial charge in [0.15, 0.2) is 0 Å². The van der Waals surface area contributed by atoms with Gasteiger partial charge in [0.1, 0.15) is 0 Å². The summed E-state index contributed by atoms with van der Waals surface area (Å²) in [5.74, 6) is -0.147. The van der Waals surface area contributed by atoms with E-state index in [0.29, 0.717) is 23.5 Å². The first kappa shape index (κ1) is 15.3. The average molecular weight is 264 g/mol. The Morgan fingerprint density at radius 3 is 2.21 bits per heavy atom. The van der Waals surface area contributed by atoms with Crippen LogP contribution >= 0.6 is 0 Å². The summed E-state index contributed by atoms with van der Waals surface area (Å²) in [6, 6.07) is 4.89. The minimum atomic E-state index is -0.147. The number of amides is 1. The van der Waals surface area contributed by atoms with Crippen LogP contribution in [-0.2, 0) is 0 Å². The molecule has 0 radical (unpaired) electrons. The maximum atomic E-state index is 12.0. The number of nitrogens with zero attached hydrogens (tertiary/aromatic N) is 1. The summed E-state index contributed by atoms with van der Waals surface area (Å²) < 4.78 is 0. The zero-order chi connectivity index (χ0) is 14.6. The summed E-state index contributed by atoms with van der Waals surface area (Å²) in [6.07, 6.45) is 0. The Morgan fingerprint density at radius 1 is 1.21 bits per heavy atom. The van der Waals surface area contributed by atoms with E-state index in [1.54, 1.807) is 18.2 Å². The van der Waals surface area contributed by atoms with Crippen LogP contribution in [0, 0.1) is 5.41 Å². The Balaban J connectivity index is 2.65. The Hall–Kier alpha value is -1.75. The molecule has 0 fully saturated rings. The van der Waals surface area contributed by atoms with Gasteiger partial charge in [-0.2, -0.15) is 0 Å². The maximum Gasteiger partial charge on any atom is 0.251 e. The molecule has 5 heteroatoms. The van der Waals surface area contributed by atoms with E-state index >= 15 is 0 Å². The van der Waals surface area contributed by atoms with Crippen molar-refractivity contribution in [2.24, 2.45) is 5.41 Å². The van der Waals surface area contributed by atoms with Crippen LogP contribution in [-0.4, -0.2) is 38.0 Å². The summed E-state index contributed by atoms with van der Waals surface area (Å²) in [5, 5.41) is 2.92. The van der Waals surface area contributed by atoms with Gasteiger partial charge in [-0.3, -0.25) is 4.79 Å². The molecule has 0 aliphatic carbocycles. The van der Waals surface area contributed by atoms with Gasteiger partial charge in [0.2, 0.25) is 0 Å². The number of nitrogens with one attached hydrogen (secondary N) is 1. The highest BCUT2D eigenvalue weighted by atomic mass is 16.1. The van der Waals surface area contributed by atoms with Crippen molar-refractivity contribution < 1.29 is 4.79 Å². The van der Waals surface area contributed by atoms with E-state index in [1.165, 1.54) is 0 Å². The second-order valence-electron chi connectivity index (χ2n) is 5.97. The Labute approximate surface area is 115 Å². The Morgan fingerprint density at radius 2 is 1.74 bits per heavy atom. The van der Waals surface area contributed by atoms with E-state index < -0.39 is 0 Å². The van der Waals surface area contributed by atoms with Crippen molar-refractivity contribution in [3.63, 3.8) is 0 Å². The first-order valence-corrected chi connectivity index (χ1v) is 6.28. The molecule has 0 unspecified atom stereocenters. The average Bonchev–Trinajstić information content (AvgIpc) is 2.22. The van der Waals surface area contributed by atoms with E-state index in [-0.39, 0.29) is 11.3 Å². The molecule has 0 heterocycles. The fourth-order valence-electron chi connectivity index (χ4n) is 2.14. The lowest BCUT2D eigenvalue weighted by molar-refractivity contribution is 0.0929. The Kier molecular flexibility index (Phi) is 4.78. The van der Waals surface area contributed by atoms with Crippen LogP contribution in [0.15, 0.2) is 18.2 Å². The van der Waals surface area contributed by atoms with Crippen molar-refractivity contribution >= 4 is 17.3 Å². The third-order valence-electron chi connectivity index (χ3n) is 2.71. The molecule has 0 saturated carbocycles. The molecule has 5 nitrogen and oxygen atoms in total. The number of hydrogen-bond acceptors (Lipinski definition) is 4. The molecule has 0 saturated heterocycles. The molecule has 0 spiro atoms. The maximum absolute atomic E-state index is 12.0. The molecule has 19 heavy (non-hydrogen) atoms. The third kappa shape index (κ3) is 5.18. The Bertz CT molecular complexity index is 435. The van der Waals surface area contributed by atoms with Gasteiger partial charge in [-0.15, -0.1) is 0 Å². The summed E-state index contributed by atoms with van der Waals surface area (Å²) in [5.41, 5.74) is 12.9. The molecular weight excluding hydrogens is 240 g/mol. The fraction of sp³-hybridized carbons (Fsp3) is 0.500. The van der Waals surface area contributed by atoms with Crippen LogP contribution in [0.4, 0.5) is 11.4 Å². The van der Waals surface area contributed by atoms with Gasteiger partial charge in [0.05, 0.1) is 0 Å². The largest absolute Gasteiger partial charge is 0.399 e. The molecule has 1 rings (SSSR count). The molecule has 1 amide bonds. The number of hydrogen-bond donors (Lipinski definition) is 3. The van der Waals surface area contributed by atoms with Crippen LogP contribution in [0.3, 0.4) is 0 Å². The second kappa shape index (κ2) is 5.93. The zero-order valence-electron chi connectivity index (χ0n) is 12.2. The standard InChI is InChI=1S/C14H24N4O/c1-14(2,9-18(3)4)8-17-13(19)10-5-11(15)7-12(16)6-10/h5-7H,8-9,15-16H2,1-4H3,(H,17,19). The molecule has 0 aromatic heterocycles. The van der Waals surface area contributed by atoms with Crippen LogP contribution in [0.25, 0.3) is 0 Å². The van der Waals surface area contributed by atoms with Gasteiger partial charge in [-0.25, -0.2) is 0 Å². The second-order valence-corrected chi connectivity index (χ2v) is 5.97. The minimum absolute atomic E-state index is 0.00499.